The summed E-state index contributed by atoms with van der Waals surface area (Å²) in [4.78, 5) is 11.7. The van der Waals surface area contributed by atoms with Crippen molar-refractivity contribution in [1.29, 1.82) is 0 Å². The molecule has 2 aromatic rings. The second-order valence-electron chi connectivity index (χ2n) is 4.26. The van der Waals surface area contributed by atoms with Gasteiger partial charge in [-0.05, 0) is 24.7 Å². The highest BCUT2D eigenvalue weighted by molar-refractivity contribution is 5.78. The van der Waals surface area contributed by atoms with Crippen LogP contribution < -0.4 is 10.6 Å². The van der Waals surface area contributed by atoms with Crippen molar-refractivity contribution in [2.24, 2.45) is 0 Å². The van der Waals surface area contributed by atoms with Crippen LogP contribution in [0.5, 0.6) is 0 Å². The molecule has 19 heavy (non-hydrogen) atoms. The van der Waals surface area contributed by atoms with Crippen LogP contribution in [0, 0.1) is 0 Å². The van der Waals surface area contributed by atoms with E-state index < -0.39 is 0 Å². The minimum atomic E-state index is 0.0165. The van der Waals surface area contributed by atoms with Crippen LogP contribution in [0.25, 0.3) is 5.69 Å². The van der Waals surface area contributed by atoms with Gasteiger partial charge in [-0.3, -0.25) is 4.79 Å². The predicted molar refractivity (Wildman–Crippen MR) is 74.2 cm³/mol. The number of nitrogens with zero attached hydrogens (tertiary/aromatic N) is 2. The molecular formula is C14H18N4O. The van der Waals surface area contributed by atoms with Gasteiger partial charge in [-0.15, -0.1) is 0 Å². The molecule has 2 rings (SSSR count). The highest BCUT2D eigenvalue weighted by atomic mass is 16.1. The molecule has 0 bridgehead atoms. The van der Waals surface area contributed by atoms with E-state index in [1.165, 1.54) is 0 Å². The van der Waals surface area contributed by atoms with Gasteiger partial charge in [0.05, 0.1) is 18.3 Å². The molecule has 0 saturated carbocycles. The van der Waals surface area contributed by atoms with E-state index in [0.717, 1.165) is 17.8 Å². The summed E-state index contributed by atoms with van der Waals surface area (Å²) < 4.78 is 1.77. The summed E-state index contributed by atoms with van der Waals surface area (Å²) in [7, 11) is 1.86. The third-order valence-corrected chi connectivity index (χ3v) is 2.72. The Labute approximate surface area is 112 Å². The first-order chi connectivity index (χ1) is 9.29. The molecule has 1 amide bonds. The second kappa shape index (κ2) is 6.70. The van der Waals surface area contributed by atoms with Crippen LogP contribution >= 0.6 is 0 Å². The molecule has 5 heteroatoms. The van der Waals surface area contributed by atoms with Crippen LogP contribution in [0.2, 0.25) is 0 Å². The summed E-state index contributed by atoms with van der Waals surface area (Å²) in [6.45, 7) is 1.41. The Morgan fingerprint density at radius 3 is 2.79 bits per heavy atom. The number of benzene rings is 1. The maximum Gasteiger partial charge on any atom is 0.224 e. The van der Waals surface area contributed by atoms with Crippen LogP contribution in [0.3, 0.4) is 0 Å². The van der Waals surface area contributed by atoms with Gasteiger partial charge in [0, 0.05) is 19.3 Å². The molecule has 0 unspecified atom stereocenters. The van der Waals surface area contributed by atoms with E-state index in [-0.39, 0.29) is 5.91 Å². The molecule has 0 fully saturated rings. The third kappa shape index (κ3) is 3.93. The molecular weight excluding hydrogens is 240 g/mol. The van der Waals surface area contributed by atoms with Gasteiger partial charge >= 0.3 is 0 Å². The van der Waals surface area contributed by atoms with Crippen LogP contribution in [0.15, 0.2) is 42.7 Å². The Hall–Kier alpha value is -2.14. The highest BCUT2D eigenvalue weighted by Crippen LogP contribution is 2.07. The molecule has 1 aromatic heterocycles. The van der Waals surface area contributed by atoms with E-state index in [9.17, 15) is 4.79 Å². The Balaban J connectivity index is 1.93. The van der Waals surface area contributed by atoms with Gasteiger partial charge in [0.2, 0.25) is 5.91 Å². The molecule has 100 valence electrons. The molecule has 0 radical (unpaired) electrons. The normalized spacial score (nSPS) is 10.4. The van der Waals surface area contributed by atoms with Gasteiger partial charge in [-0.25, -0.2) is 4.68 Å². The quantitative estimate of drug-likeness (QED) is 0.752. The number of hydrogen-bond acceptors (Lipinski definition) is 3. The molecule has 0 spiro atoms. The summed E-state index contributed by atoms with van der Waals surface area (Å²) >= 11 is 0. The third-order valence-electron chi connectivity index (χ3n) is 2.72. The zero-order valence-electron chi connectivity index (χ0n) is 11.0. The maximum absolute atomic E-state index is 11.7. The van der Waals surface area contributed by atoms with Crippen LogP contribution in [0.1, 0.15) is 5.56 Å². The number of likely N-dealkylation sites (N-methyl/N-ethyl adjacent to an activating group) is 1. The van der Waals surface area contributed by atoms with Crippen molar-refractivity contribution in [2.75, 3.05) is 20.1 Å². The Bertz CT molecular complexity index is 521. The fraction of sp³-hybridized carbons (Fsp3) is 0.286. The zero-order valence-corrected chi connectivity index (χ0v) is 11.0. The topological polar surface area (TPSA) is 58.9 Å². The van der Waals surface area contributed by atoms with Crippen molar-refractivity contribution < 1.29 is 4.79 Å². The van der Waals surface area contributed by atoms with Crippen molar-refractivity contribution in [2.45, 2.75) is 6.42 Å². The molecule has 5 nitrogen and oxygen atoms in total. The molecule has 1 heterocycles. The first kappa shape index (κ1) is 13.3. The summed E-state index contributed by atoms with van der Waals surface area (Å²) in [5.74, 6) is 0.0165. The lowest BCUT2D eigenvalue weighted by atomic mass is 10.2. The van der Waals surface area contributed by atoms with Gasteiger partial charge in [0.15, 0.2) is 0 Å². The van der Waals surface area contributed by atoms with Crippen molar-refractivity contribution >= 4 is 5.91 Å². The standard InChI is InChI=1S/C14H18N4O/c1-15-7-8-16-14(19)9-12-10-17-18(11-12)13-5-3-2-4-6-13/h2-6,10-11,15H,7-9H2,1H3,(H,16,19). The predicted octanol–water partition coefficient (Wildman–Crippen LogP) is 0.750. The molecule has 2 N–H and O–H groups in total. The lowest BCUT2D eigenvalue weighted by Crippen LogP contribution is -2.31. The lowest BCUT2D eigenvalue weighted by molar-refractivity contribution is -0.120. The van der Waals surface area contributed by atoms with Crippen LogP contribution in [-0.2, 0) is 11.2 Å². The first-order valence-corrected chi connectivity index (χ1v) is 6.30. The monoisotopic (exact) mass is 258 g/mol. The highest BCUT2D eigenvalue weighted by Gasteiger charge is 2.05. The Morgan fingerprint density at radius 2 is 2.05 bits per heavy atom. The van der Waals surface area contributed by atoms with Gasteiger partial charge in [-0.1, -0.05) is 18.2 Å². The average Bonchev–Trinajstić information content (AvgIpc) is 2.88. The fourth-order valence-corrected chi connectivity index (χ4v) is 1.75. The van der Waals surface area contributed by atoms with Crippen LogP contribution in [-0.4, -0.2) is 35.8 Å². The van der Waals surface area contributed by atoms with Gasteiger partial charge in [0.1, 0.15) is 0 Å². The van der Waals surface area contributed by atoms with E-state index in [1.54, 1.807) is 10.9 Å². The second-order valence-corrected chi connectivity index (χ2v) is 4.26. The Morgan fingerprint density at radius 1 is 1.26 bits per heavy atom. The summed E-state index contributed by atoms with van der Waals surface area (Å²) in [6, 6.07) is 9.83. The number of nitrogens with one attached hydrogen (secondary N) is 2. The average molecular weight is 258 g/mol. The Kier molecular flexibility index (Phi) is 4.69. The van der Waals surface area contributed by atoms with E-state index in [0.29, 0.717) is 13.0 Å². The van der Waals surface area contributed by atoms with E-state index >= 15 is 0 Å². The first-order valence-electron chi connectivity index (χ1n) is 6.30. The number of amides is 1. The molecule has 0 atom stereocenters. The van der Waals surface area contributed by atoms with Gasteiger partial charge < -0.3 is 10.6 Å². The molecule has 0 aliphatic rings. The van der Waals surface area contributed by atoms with Crippen molar-refractivity contribution in [1.82, 2.24) is 20.4 Å². The molecule has 0 aliphatic carbocycles. The summed E-state index contributed by atoms with van der Waals surface area (Å²) in [6.07, 6.45) is 3.97. The number of para-hydroxylation sites is 1. The van der Waals surface area contributed by atoms with E-state index in [2.05, 4.69) is 15.7 Å². The fourth-order valence-electron chi connectivity index (χ4n) is 1.75. The van der Waals surface area contributed by atoms with E-state index in [1.807, 2.05) is 43.6 Å². The minimum absolute atomic E-state index is 0.0165. The largest absolute Gasteiger partial charge is 0.355 e. The number of hydrogen-bond donors (Lipinski definition) is 2. The van der Waals surface area contributed by atoms with Crippen molar-refractivity contribution in [3.05, 3.63) is 48.3 Å². The van der Waals surface area contributed by atoms with Crippen molar-refractivity contribution in [3.8, 4) is 5.69 Å². The molecule has 0 saturated heterocycles. The number of rotatable bonds is 6. The smallest absolute Gasteiger partial charge is 0.224 e. The summed E-state index contributed by atoms with van der Waals surface area (Å²) in [5, 5.41) is 10.1. The molecule has 0 aliphatic heterocycles. The number of carbonyl (C=O) groups excluding carboxylic acids is 1. The number of aromatic nitrogens is 2. The van der Waals surface area contributed by atoms with Crippen molar-refractivity contribution in [3.63, 3.8) is 0 Å². The molecule has 1 aromatic carbocycles. The zero-order chi connectivity index (χ0) is 13.5. The van der Waals surface area contributed by atoms with E-state index in [4.69, 9.17) is 0 Å². The van der Waals surface area contributed by atoms with Crippen LogP contribution in [0.4, 0.5) is 0 Å². The van der Waals surface area contributed by atoms with Gasteiger partial charge in [-0.2, -0.15) is 5.10 Å². The number of carbonyl (C=O) groups is 1. The SMILES string of the molecule is CNCCNC(=O)Cc1cnn(-c2ccccc2)c1. The van der Waals surface area contributed by atoms with Gasteiger partial charge in [0.25, 0.3) is 0 Å². The summed E-state index contributed by atoms with van der Waals surface area (Å²) in [5.41, 5.74) is 1.90. The lowest BCUT2D eigenvalue weighted by Gasteiger charge is -2.03. The minimum Gasteiger partial charge on any atom is -0.355 e. The maximum atomic E-state index is 11.7.